The average molecular weight is 350 g/mol. The van der Waals surface area contributed by atoms with Gasteiger partial charge >= 0.3 is 0 Å². The van der Waals surface area contributed by atoms with Crippen molar-refractivity contribution in [3.8, 4) is 0 Å². The molecule has 0 aromatic heterocycles. The van der Waals surface area contributed by atoms with E-state index in [4.69, 9.17) is 5.73 Å². The number of hydrogen-bond donors (Lipinski definition) is 2. The predicted molar refractivity (Wildman–Crippen MR) is 102 cm³/mol. The van der Waals surface area contributed by atoms with E-state index in [-0.39, 0.29) is 24.9 Å². The summed E-state index contributed by atoms with van der Waals surface area (Å²) in [5.74, 6) is -0.411. The molecular weight excluding hydrogens is 328 g/mol. The van der Waals surface area contributed by atoms with Crippen molar-refractivity contribution in [3.63, 3.8) is 0 Å². The maximum absolute atomic E-state index is 12.6. The number of anilines is 1. The highest BCUT2D eigenvalue weighted by atomic mass is 16.2. The van der Waals surface area contributed by atoms with Gasteiger partial charge in [0.1, 0.15) is 6.54 Å². The molecule has 0 spiro atoms. The number of rotatable bonds is 5. The fraction of sp³-hybridized carbons (Fsp3) is 0.250. The molecule has 3 N–H and O–H groups in total. The summed E-state index contributed by atoms with van der Waals surface area (Å²) in [5.41, 5.74) is 8.29. The lowest BCUT2D eigenvalue weighted by Crippen LogP contribution is -2.48. The van der Waals surface area contributed by atoms with Crippen LogP contribution in [0.1, 0.15) is 30.5 Å². The molecule has 134 valence electrons. The molecule has 2 amide bonds. The van der Waals surface area contributed by atoms with E-state index in [2.05, 4.69) is 17.2 Å². The van der Waals surface area contributed by atoms with Gasteiger partial charge in [0.2, 0.25) is 17.8 Å². The molecule has 0 fully saturated rings. The zero-order chi connectivity index (χ0) is 18.5. The lowest BCUT2D eigenvalue weighted by Gasteiger charge is -2.30. The van der Waals surface area contributed by atoms with Crippen molar-refractivity contribution in [2.75, 3.05) is 11.9 Å². The van der Waals surface area contributed by atoms with Crippen LogP contribution in [-0.4, -0.2) is 29.2 Å². The Balaban J connectivity index is 1.91. The molecular formula is C20H22N4O2. The second-order valence-electron chi connectivity index (χ2n) is 6.20. The minimum atomic E-state index is -0.577. The number of nitrogens with two attached hydrogens (primary N) is 1. The van der Waals surface area contributed by atoms with Gasteiger partial charge in [-0.05, 0) is 29.7 Å². The SMILES string of the molecule is CCc1ccc(NC2=NC(c3ccccc3)CC(=O)N2CC(N)=O)cc1. The molecule has 1 unspecified atom stereocenters. The number of aliphatic imine (C=N–C) groups is 1. The Morgan fingerprint density at radius 2 is 1.88 bits per heavy atom. The molecule has 1 aliphatic heterocycles. The normalized spacial score (nSPS) is 17.0. The molecule has 1 heterocycles. The van der Waals surface area contributed by atoms with Gasteiger partial charge in [0.05, 0.1) is 12.5 Å². The maximum Gasteiger partial charge on any atom is 0.237 e. The standard InChI is InChI=1S/C20H22N4O2/c1-2-14-8-10-16(11-9-14)22-20-23-17(15-6-4-3-5-7-15)12-19(26)24(20)13-18(21)25/h3-11,17H,2,12-13H2,1H3,(H2,21,25)(H,22,23). The second kappa shape index (κ2) is 7.82. The summed E-state index contributed by atoms with van der Waals surface area (Å²) in [6.07, 6.45) is 1.15. The summed E-state index contributed by atoms with van der Waals surface area (Å²) in [7, 11) is 0. The molecule has 1 atom stereocenters. The van der Waals surface area contributed by atoms with Crippen molar-refractivity contribution in [1.29, 1.82) is 0 Å². The van der Waals surface area contributed by atoms with Crippen molar-refractivity contribution in [1.82, 2.24) is 4.90 Å². The number of hydrogen-bond acceptors (Lipinski definition) is 4. The number of nitrogens with one attached hydrogen (secondary N) is 1. The largest absolute Gasteiger partial charge is 0.368 e. The van der Waals surface area contributed by atoms with Gasteiger partial charge in [-0.1, -0.05) is 49.4 Å². The Morgan fingerprint density at radius 1 is 1.19 bits per heavy atom. The van der Waals surface area contributed by atoms with E-state index in [1.807, 2.05) is 54.6 Å². The molecule has 1 aliphatic rings. The number of aryl methyl sites for hydroxylation is 1. The van der Waals surface area contributed by atoms with E-state index in [0.717, 1.165) is 17.7 Å². The molecule has 3 rings (SSSR count). The van der Waals surface area contributed by atoms with Crippen LogP contribution >= 0.6 is 0 Å². The first-order valence-electron chi connectivity index (χ1n) is 8.64. The van der Waals surface area contributed by atoms with Crippen molar-refractivity contribution >= 4 is 23.5 Å². The van der Waals surface area contributed by atoms with Crippen molar-refractivity contribution in [2.45, 2.75) is 25.8 Å². The van der Waals surface area contributed by atoms with Crippen LogP contribution in [0.15, 0.2) is 59.6 Å². The molecule has 0 radical (unpaired) electrons. The predicted octanol–water partition coefficient (Wildman–Crippen LogP) is 2.48. The summed E-state index contributed by atoms with van der Waals surface area (Å²) >= 11 is 0. The summed E-state index contributed by atoms with van der Waals surface area (Å²) in [5, 5.41) is 3.17. The average Bonchev–Trinajstić information content (AvgIpc) is 2.65. The van der Waals surface area contributed by atoms with Crippen molar-refractivity contribution in [3.05, 3.63) is 65.7 Å². The van der Waals surface area contributed by atoms with E-state index < -0.39 is 5.91 Å². The van der Waals surface area contributed by atoms with E-state index in [1.165, 1.54) is 10.5 Å². The third kappa shape index (κ3) is 4.08. The zero-order valence-electron chi connectivity index (χ0n) is 14.7. The topological polar surface area (TPSA) is 87.8 Å². The van der Waals surface area contributed by atoms with Gasteiger partial charge in [0, 0.05) is 5.69 Å². The number of benzene rings is 2. The molecule has 2 aromatic carbocycles. The summed E-state index contributed by atoms with van der Waals surface area (Å²) in [4.78, 5) is 30.0. The van der Waals surface area contributed by atoms with Crippen LogP contribution in [0.2, 0.25) is 0 Å². The Bertz CT molecular complexity index is 815. The van der Waals surface area contributed by atoms with Gasteiger partial charge in [-0.25, -0.2) is 4.99 Å². The molecule has 26 heavy (non-hydrogen) atoms. The van der Waals surface area contributed by atoms with Crippen LogP contribution in [0.3, 0.4) is 0 Å². The minimum Gasteiger partial charge on any atom is -0.368 e. The molecule has 0 bridgehead atoms. The smallest absolute Gasteiger partial charge is 0.237 e. The summed E-state index contributed by atoms with van der Waals surface area (Å²) < 4.78 is 0. The van der Waals surface area contributed by atoms with Gasteiger partial charge in [-0.3, -0.25) is 14.5 Å². The Hall–Kier alpha value is -3.15. The van der Waals surface area contributed by atoms with Crippen LogP contribution in [-0.2, 0) is 16.0 Å². The minimum absolute atomic E-state index is 0.180. The molecule has 0 saturated heterocycles. The van der Waals surface area contributed by atoms with Gasteiger partial charge in [0.25, 0.3) is 0 Å². The Labute approximate surface area is 152 Å². The van der Waals surface area contributed by atoms with Crippen molar-refractivity contribution in [2.24, 2.45) is 10.7 Å². The van der Waals surface area contributed by atoms with Crippen LogP contribution in [0.4, 0.5) is 5.69 Å². The van der Waals surface area contributed by atoms with Crippen LogP contribution < -0.4 is 11.1 Å². The lowest BCUT2D eigenvalue weighted by atomic mass is 10.0. The number of nitrogens with zero attached hydrogens (tertiary/aromatic N) is 2. The first kappa shape index (κ1) is 17.7. The number of carbonyl (C=O) groups excluding carboxylic acids is 2. The third-order valence-corrected chi connectivity index (χ3v) is 4.32. The quantitative estimate of drug-likeness (QED) is 0.868. The first-order chi connectivity index (χ1) is 12.6. The zero-order valence-corrected chi connectivity index (χ0v) is 14.7. The molecule has 6 nitrogen and oxygen atoms in total. The highest BCUT2D eigenvalue weighted by molar-refractivity contribution is 6.07. The number of amides is 2. The molecule has 0 aliphatic carbocycles. The van der Waals surface area contributed by atoms with Crippen LogP contribution in [0, 0.1) is 0 Å². The number of primary amides is 1. The third-order valence-electron chi connectivity index (χ3n) is 4.32. The number of guanidine groups is 1. The molecule has 6 heteroatoms. The second-order valence-corrected chi connectivity index (χ2v) is 6.20. The highest BCUT2D eigenvalue weighted by Gasteiger charge is 2.30. The van der Waals surface area contributed by atoms with Crippen LogP contribution in [0.25, 0.3) is 0 Å². The summed E-state index contributed by atoms with van der Waals surface area (Å²) in [6, 6.07) is 17.2. The van der Waals surface area contributed by atoms with E-state index in [1.54, 1.807) is 0 Å². The Morgan fingerprint density at radius 3 is 2.50 bits per heavy atom. The lowest BCUT2D eigenvalue weighted by molar-refractivity contribution is -0.132. The van der Waals surface area contributed by atoms with Crippen LogP contribution in [0.5, 0.6) is 0 Å². The fourth-order valence-corrected chi connectivity index (χ4v) is 2.90. The van der Waals surface area contributed by atoms with E-state index in [9.17, 15) is 9.59 Å². The van der Waals surface area contributed by atoms with Gasteiger partial charge in [-0.2, -0.15) is 0 Å². The van der Waals surface area contributed by atoms with E-state index in [0.29, 0.717) is 5.96 Å². The first-order valence-corrected chi connectivity index (χ1v) is 8.64. The Kier molecular flexibility index (Phi) is 5.31. The van der Waals surface area contributed by atoms with Gasteiger partial charge in [-0.15, -0.1) is 0 Å². The van der Waals surface area contributed by atoms with Crippen molar-refractivity contribution < 1.29 is 9.59 Å². The van der Waals surface area contributed by atoms with Gasteiger partial charge < -0.3 is 11.1 Å². The maximum atomic E-state index is 12.6. The van der Waals surface area contributed by atoms with E-state index >= 15 is 0 Å². The molecule has 2 aromatic rings. The number of carbonyl (C=O) groups is 2. The monoisotopic (exact) mass is 350 g/mol. The molecule has 0 saturated carbocycles. The van der Waals surface area contributed by atoms with Gasteiger partial charge in [0.15, 0.2) is 0 Å². The highest BCUT2D eigenvalue weighted by Crippen LogP contribution is 2.27. The fourth-order valence-electron chi connectivity index (χ4n) is 2.90. The summed E-state index contributed by atoms with van der Waals surface area (Å²) in [6.45, 7) is 1.89.